The Kier molecular flexibility index (Phi) is 4.76. The third kappa shape index (κ3) is 4.00. The molecular formula is C18H15F2N3OS. The van der Waals surface area contributed by atoms with E-state index < -0.39 is 0 Å². The Morgan fingerprint density at radius 2 is 1.72 bits per heavy atom. The Labute approximate surface area is 147 Å². The molecule has 0 bridgehead atoms. The van der Waals surface area contributed by atoms with Gasteiger partial charge in [0.2, 0.25) is 0 Å². The van der Waals surface area contributed by atoms with Crippen molar-refractivity contribution in [2.75, 3.05) is 10.6 Å². The van der Waals surface area contributed by atoms with Crippen LogP contribution in [0.2, 0.25) is 0 Å². The van der Waals surface area contributed by atoms with Crippen molar-refractivity contribution in [1.82, 2.24) is 4.98 Å². The number of amides is 1. The lowest BCUT2D eigenvalue weighted by atomic mass is 10.2. The number of anilines is 3. The lowest BCUT2D eigenvalue weighted by Crippen LogP contribution is -2.11. The second-order valence-corrected chi connectivity index (χ2v) is 6.48. The van der Waals surface area contributed by atoms with Crippen LogP contribution < -0.4 is 10.6 Å². The molecule has 2 N–H and O–H groups in total. The van der Waals surface area contributed by atoms with Crippen molar-refractivity contribution in [3.63, 3.8) is 0 Å². The quantitative estimate of drug-likeness (QED) is 0.687. The molecule has 0 saturated heterocycles. The number of benzene rings is 2. The molecule has 0 spiro atoms. The average molecular weight is 359 g/mol. The van der Waals surface area contributed by atoms with Crippen LogP contribution in [0.4, 0.5) is 25.3 Å². The van der Waals surface area contributed by atoms with E-state index in [-0.39, 0.29) is 17.5 Å². The summed E-state index contributed by atoms with van der Waals surface area (Å²) in [5.74, 6) is -1.06. The van der Waals surface area contributed by atoms with E-state index in [1.54, 1.807) is 38.1 Å². The summed E-state index contributed by atoms with van der Waals surface area (Å²) in [6.45, 7) is 3.37. The van der Waals surface area contributed by atoms with Gasteiger partial charge in [0, 0.05) is 11.4 Å². The van der Waals surface area contributed by atoms with Gasteiger partial charge in [-0.25, -0.2) is 13.8 Å². The van der Waals surface area contributed by atoms with Crippen LogP contribution in [-0.4, -0.2) is 10.9 Å². The summed E-state index contributed by atoms with van der Waals surface area (Å²) >= 11 is 1.17. The predicted molar refractivity (Wildman–Crippen MR) is 95.6 cm³/mol. The molecule has 4 nitrogen and oxygen atoms in total. The number of rotatable bonds is 4. The Hall–Kier alpha value is -2.80. The highest BCUT2D eigenvalue weighted by Crippen LogP contribution is 2.27. The number of hydrogen-bond donors (Lipinski definition) is 2. The van der Waals surface area contributed by atoms with Gasteiger partial charge in [0.1, 0.15) is 16.5 Å². The summed E-state index contributed by atoms with van der Waals surface area (Å²) in [6.07, 6.45) is 0. The fraction of sp³-hybridized carbons (Fsp3) is 0.111. The van der Waals surface area contributed by atoms with Crippen molar-refractivity contribution in [2.24, 2.45) is 0 Å². The van der Waals surface area contributed by atoms with Gasteiger partial charge in [-0.15, -0.1) is 0 Å². The van der Waals surface area contributed by atoms with E-state index in [2.05, 4.69) is 15.6 Å². The fourth-order valence-electron chi connectivity index (χ4n) is 2.18. The maximum Gasteiger partial charge on any atom is 0.267 e. The van der Waals surface area contributed by atoms with Gasteiger partial charge in [0.05, 0.1) is 5.69 Å². The predicted octanol–water partition coefficient (Wildman–Crippen LogP) is 5.03. The largest absolute Gasteiger partial charge is 0.332 e. The minimum absolute atomic E-state index is 0.328. The van der Waals surface area contributed by atoms with E-state index in [1.807, 2.05) is 0 Å². The minimum atomic E-state index is -0.377. The molecule has 25 heavy (non-hydrogen) atoms. The second-order valence-electron chi connectivity index (χ2n) is 5.48. The van der Waals surface area contributed by atoms with Crippen LogP contribution in [0, 0.1) is 25.5 Å². The molecule has 0 atom stereocenters. The zero-order valence-electron chi connectivity index (χ0n) is 13.6. The highest BCUT2D eigenvalue weighted by atomic mass is 32.1. The number of halogens is 2. The lowest BCUT2D eigenvalue weighted by Gasteiger charge is -2.05. The summed E-state index contributed by atoms with van der Waals surface area (Å²) in [7, 11) is 0. The molecule has 7 heteroatoms. The Morgan fingerprint density at radius 1 is 1.04 bits per heavy atom. The molecule has 0 aliphatic carbocycles. The van der Waals surface area contributed by atoms with Crippen LogP contribution in [0.25, 0.3) is 0 Å². The molecule has 2 aromatic carbocycles. The van der Waals surface area contributed by atoms with Gasteiger partial charge in [-0.1, -0.05) is 17.4 Å². The van der Waals surface area contributed by atoms with Gasteiger partial charge in [-0.05, 0) is 55.8 Å². The lowest BCUT2D eigenvalue weighted by molar-refractivity contribution is 0.103. The van der Waals surface area contributed by atoms with Crippen LogP contribution in [0.1, 0.15) is 20.9 Å². The minimum Gasteiger partial charge on any atom is -0.332 e. The molecule has 0 aliphatic heterocycles. The number of nitrogens with one attached hydrogen (secondary N) is 2. The smallest absolute Gasteiger partial charge is 0.267 e. The van der Waals surface area contributed by atoms with E-state index in [4.69, 9.17) is 0 Å². The zero-order chi connectivity index (χ0) is 18.0. The van der Waals surface area contributed by atoms with Gasteiger partial charge in [0.15, 0.2) is 5.13 Å². The van der Waals surface area contributed by atoms with Crippen molar-refractivity contribution in [1.29, 1.82) is 0 Å². The highest BCUT2D eigenvalue weighted by Gasteiger charge is 2.16. The fourth-order valence-corrected chi connectivity index (χ4v) is 3.06. The average Bonchev–Trinajstić information content (AvgIpc) is 2.94. The number of thiazole rings is 1. The number of carbonyl (C=O) groups excluding carboxylic acids is 1. The number of aromatic nitrogens is 1. The first-order chi connectivity index (χ1) is 11.9. The normalized spacial score (nSPS) is 10.6. The third-order valence-corrected chi connectivity index (χ3v) is 4.60. The van der Waals surface area contributed by atoms with Crippen LogP contribution >= 0.6 is 11.3 Å². The first kappa shape index (κ1) is 17.0. The SMILES string of the molecule is Cc1ccc(NC(=O)c2sc(Nc3ccc(F)cc3)nc2C)cc1F. The van der Waals surface area contributed by atoms with Crippen molar-refractivity contribution >= 4 is 33.8 Å². The molecule has 1 aromatic heterocycles. The Bertz CT molecular complexity index is 923. The second kappa shape index (κ2) is 6.98. The summed E-state index contributed by atoms with van der Waals surface area (Å²) < 4.78 is 26.5. The molecule has 0 saturated carbocycles. The molecule has 3 aromatic rings. The summed E-state index contributed by atoms with van der Waals surface area (Å²) in [4.78, 5) is 17.1. The number of nitrogens with zero attached hydrogens (tertiary/aromatic N) is 1. The van der Waals surface area contributed by atoms with Gasteiger partial charge in [0.25, 0.3) is 5.91 Å². The van der Waals surface area contributed by atoms with Gasteiger partial charge < -0.3 is 10.6 Å². The number of carbonyl (C=O) groups is 1. The standard InChI is InChI=1S/C18H15F2N3OS/c1-10-3-6-14(9-15(10)20)22-17(24)16-11(2)21-18(25-16)23-13-7-4-12(19)5-8-13/h3-9H,1-2H3,(H,21,23)(H,22,24). The van der Waals surface area contributed by atoms with E-state index in [1.165, 1.54) is 29.5 Å². The van der Waals surface area contributed by atoms with Gasteiger partial charge >= 0.3 is 0 Å². The van der Waals surface area contributed by atoms with Crippen LogP contribution in [0.5, 0.6) is 0 Å². The maximum atomic E-state index is 13.6. The molecule has 1 amide bonds. The molecule has 0 unspecified atom stereocenters. The molecule has 128 valence electrons. The molecular weight excluding hydrogens is 344 g/mol. The Balaban J connectivity index is 1.75. The zero-order valence-corrected chi connectivity index (χ0v) is 14.4. The van der Waals surface area contributed by atoms with Crippen LogP contribution in [0.15, 0.2) is 42.5 Å². The van der Waals surface area contributed by atoms with Gasteiger partial charge in [-0.2, -0.15) is 0 Å². The Morgan fingerprint density at radius 3 is 2.40 bits per heavy atom. The first-order valence-electron chi connectivity index (χ1n) is 7.50. The maximum absolute atomic E-state index is 13.6. The number of hydrogen-bond acceptors (Lipinski definition) is 4. The summed E-state index contributed by atoms with van der Waals surface area (Å²) in [6, 6.07) is 10.4. The third-order valence-electron chi connectivity index (χ3n) is 3.53. The molecule has 3 rings (SSSR count). The van der Waals surface area contributed by atoms with Gasteiger partial charge in [-0.3, -0.25) is 4.79 Å². The molecule has 0 fully saturated rings. The monoisotopic (exact) mass is 359 g/mol. The van der Waals surface area contributed by atoms with Crippen molar-refractivity contribution < 1.29 is 13.6 Å². The summed E-state index contributed by atoms with van der Waals surface area (Å²) in [5.41, 5.74) is 2.12. The molecule has 1 heterocycles. The number of aryl methyl sites for hydroxylation is 2. The highest BCUT2D eigenvalue weighted by molar-refractivity contribution is 7.17. The molecule has 0 radical (unpaired) electrons. The van der Waals surface area contributed by atoms with Crippen LogP contribution in [0.3, 0.4) is 0 Å². The van der Waals surface area contributed by atoms with Crippen LogP contribution in [-0.2, 0) is 0 Å². The van der Waals surface area contributed by atoms with Crippen molar-refractivity contribution in [3.05, 3.63) is 70.2 Å². The van der Waals surface area contributed by atoms with E-state index in [9.17, 15) is 13.6 Å². The first-order valence-corrected chi connectivity index (χ1v) is 8.31. The van der Waals surface area contributed by atoms with E-state index in [0.29, 0.717) is 32.6 Å². The van der Waals surface area contributed by atoms with E-state index >= 15 is 0 Å². The summed E-state index contributed by atoms with van der Waals surface area (Å²) in [5, 5.41) is 6.21. The van der Waals surface area contributed by atoms with Crippen molar-refractivity contribution in [3.8, 4) is 0 Å². The van der Waals surface area contributed by atoms with Crippen molar-refractivity contribution in [2.45, 2.75) is 13.8 Å². The van der Waals surface area contributed by atoms with E-state index in [0.717, 1.165) is 0 Å². The topological polar surface area (TPSA) is 54.0 Å². The molecule has 0 aliphatic rings.